The number of nitrogens with zero attached hydrogens (tertiary/aromatic N) is 2. The molecule has 3 rings (SSSR count). The molecule has 23 heavy (non-hydrogen) atoms. The molecule has 2 aromatic heterocycles. The lowest BCUT2D eigenvalue weighted by Crippen LogP contribution is -2.30. The van der Waals surface area contributed by atoms with Gasteiger partial charge in [-0.1, -0.05) is 12.1 Å². The largest absolute Gasteiger partial charge is 0.350 e. The first-order chi connectivity index (χ1) is 11.0. The summed E-state index contributed by atoms with van der Waals surface area (Å²) >= 11 is 0. The molecule has 0 unspecified atom stereocenters. The summed E-state index contributed by atoms with van der Waals surface area (Å²) in [5.74, 6) is -0.160. The summed E-state index contributed by atoms with van der Waals surface area (Å²) < 4.78 is 1.79. The van der Waals surface area contributed by atoms with Gasteiger partial charge in [-0.3, -0.25) is 9.59 Å². The number of hydrogen-bond acceptors (Lipinski definition) is 3. The molecule has 1 amide bonds. The molecule has 0 spiro atoms. The van der Waals surface area contributed by atoms with Crippen LogP contribution in [-0.2, 0) is 17.9 Å². The van der Waals surface area contributed by atoms with Crippen LogP contribution in [0.15, 0.2) is 41.5 Å². The first-order valence-corrected chi connectivity index (χ1v) is 7.40. The van der Waals surface area contributed by atoms with Crippen LogP contribution in [-0.4, -0.2) is 20.4 Å². The summed E-state index contributed by atoms with van der Waals surface area (Å²) in [7, 11) is 0. The zero-order chi connectivity index (χ0) is 16.4. The zero-order valence-corrected chi connectivity index (χ0v) is 13.1. The number of amides is 1. The second kappa shape index (κ2) is 6.08. The number of aromatic nitrogens is 3. The third-order valence-electron chi connectivity index (χ3n) is 3.80. The van der Waals surface area contributed by atoms with Crippen molar-refractivity contribution < 1.29 is 4.79 Å². The van der Waals surface area contributed by atoms with E-state index in [2.05, 4.69) is 15.3 Å². The molecule has 0 atom stereocenters. The summed E-state index contributed by atoms with van der Waals surface area (Å²) in [6.07, 6.45) is 1.65. The van der Waals surface area contributed by atoms with E-state index in [-0.39, 0.29) is 24.6 Å². The molecule has 0 saturated carbocycles. The minimum Gasteiger partial charge on any atom is -0.350 e. The lowest BCUT2D eigenvalue weighted by Gasteiger charge is -2.09. The van der Waals surface area contributed by atoms with Crippen molar-refractivity contribution in [1.29, 1.82) is 0 Å². The second-order valence-corrected chi connectivity index (χ2v) is 5.58. The number of fused-ring (bicyclic) bond motifs is 1. The third-order valence-corrected chi connectivity index (χ3v) is 3.80. The number of benzene rings is 1. The molecule has 3 aromatic rings. The first-order valence-electron chi connectivity index (χ1n) is 7.40. The maximum atomic E-state index is 12.1. The van der Waals surface area contributed by atoms with Crippen LogP contribution in [0, 0.1) is 13.8 Å². The Balaban J connectivity index is 1.70. The van der Waals surface area contributed by atoms with Crippen molar-refractivity contribution in [2.45, 2.75) is 26.9 Å². The van der Waals surface area contributed by atoms with Gasteiger partial charge in [0.2, 0.25) is 5.91 Å². The van der Waals surface area contributed by atoms with Crippen LogP contribution in [0.4, 0.5) is 0 Å². The number of rotatable bonds is 4. The number of carbonyl (C=O) groups excluding carboxylic acids is 1. The highest BCUT2D eigenvalue weighted by molar-refractivity contribution is 5.80. The maximum Gasteiger partial charge on any atom is 0.253 e. The van der Waals surface area contributed by atoms with Gasteiger partial charge in [0.25, 0.3) is 5.56 Å². The van der Waals surface area contributed by atoms with E-state index >= 15 is 0 Å². The topological polar surface area (TPSA) is 79.8 Å². The number of para-hydroxylation sites is 2. The van der Waals surface area contributed by atoms with Gasteiger partial charge in [0.15, 0.2) is 0 Å². The number of nitrogens with one attached hydrogen (secondary N) is 2. The Hall–Kier alpha value is -2.89. The Bertz CT molecular complexity index is 924. The molecule has 0 saturated heterocycles. The maximum absolute atomic E-state index is 12.1. The molecule has 0 bridgehead atoms. The average molecular weight is 310 g/mol. The number of carbonyl (C=O) groups is 1. The number of pyridine rings is 1. The quantitative estimate of drug-likeness (QED) is 0.769. The highest BCUT2D eigenvalue weighted by Crippen LogP contribution is 2.11. The zero-order valence-electron chi connectivity index (χ0n) is 13.1. The van der Waals surface area contributed by atoms with Crippen molar-refractivity contribution in [2.24, 2.45) is 0 Å². The van der Waals surface area contributed by atoms with E-state index < -0.39 is 0 Å². The van der Waals surface area contributed by atoms with E-state index in [4.69, 9.17) is 0 Å². The standard InChI is InChI=1S/C17H18N4O2/c1-11-7-12(2)20-17(23)13(11)8-18-16(22)9-21-10-19-14-5-3-4-6-15(14)21/h3-7,10H,8-9H2,1-2H3,(H,18,22)(H,20,23). The summed E-state index contributed by atoms with van der Waals surface area (Å²) in [6, 6.07) is 9.54. The highest BCUT2D eigenvalue weighted by Gasteiger charge is 2.09. The molecule has 0 aliphatic rings. The minimum atomic E-state index is -0.160. The van der Waals surface area contributed by atoms with Crippen LogP contribution < -0.4 is 10.9 Å². The summed E-state index contributed by atoms with van der Waals surface area (Å²) in [4.78, 5) is 31.1. The Morgan fingerprint density at radius 3 is 2.87 bits per heavy atom. The Morgan fingerprint density at radius 1 is 1.30 bits per heavy atom. The smallest absolute Gasteiger partial charge is 0.253 e. The van der Waals surface area contributed by atoms with Crippen molar-refractivity contribution in [3.05, 3.63) is 63.8 Å². The Kier molecular flexibility index (Phi) is 3.97. The van der Waals surface area contributed by atoms with Gasteiger partial charge in [-0.15, -0.1) is 0 Å². The molecule has 0 fully saturated rings. The number of aromatic amines is 1. The number of H-pyrrole nitrogens is 1. The molecule has 0 radical (unpaired) electrons. The normalized spacial score (nSPS) is 10.9. The van der Waals surface area contributed by atoms with Crippen LogP contribution in [0.1, 0.15) is 16.8 Å². The SMILES string of the molecule is Cc1cc(C)c(CNC(=O)Cn2cnc3ccccc32)c(=O)[nH]1. The Labute approximate surface area is 133 Å². The van der Waals surface area contributed by atoms with Gasteiger partial charge in [-0.25, -0.2) is 4.98 Å². The predicted octanol–water partition coefficient (Wildman–Crippen LogP) is 1.66. The van der Waals surface area contributed by atoms with Gasteiger partial charge in [-0.05, 0) is 37.6 Å². The number of hydrogen-bond donors (Lipinski definition) is 2. The summed E-state index contributed by atoms with van der Waals surface area (Å²) in [5.41, 5.74) is 3.88. The fourth-order valence-electron chi connectivity index (χ4n) is 2.64. The van der Waals surface area contributed by atoms with Crippen molar-refractivity contribution in [3.8, 4) is 0 Å². The fraction of sp³-hybridized carbons (Fsp3) is 0.235. The van der Waals surface area contributed by atoms with Crippen molar-refractivity contribution in [1.82, 2.24) is 19.9 Å². The van der Waals surface area contributed by atoms with E-state index in [0.29, 0.717) is 5.56 Å². The highest BCUT2D eigenvalue weighted by atomic mass is 16.2. The molecule has 6 heteroatoms. The summed E-state index contributed by atoms with van der Waals surface area (Å²) in [6.45, 7) is 4.09. The molecule has 1 aromatic carbocycles. The van der Waals surface area contributed by atoms with Gasteiger partial charge < -0.3 is 14.9 Å². The van der Waals surface area contributed by atoms with Crippen LogP contribution in [0.3, 0.4) is 0 Å². The van der Waals surface area contributed by atoms with Crippen molar-refractivity contribution in [2.75, 3.05) is 0 Å². The predicted molar refractivity (Wildman–Crippen MR) is 88.1 cm³/mol. The van der Waals surface area contributed by atoms with Gasteiger partial charge in [0.1, 0.15) is 6.54 Å². The molecule has 2 N–H and O–H groups in total. The fourth-order valence-corrected chi connectivity index (χ4v) is 2.64. The lowest BCUT2D eigenvalue weighted by molar-refractivity contribution is -0.121. The average Bonchev–Trinajstić information content (AvgIpc) is 2.89. The summed E-state index contributed by atoms with van der Waals surface area (Å²) in [5, 5.41) is 2.80. The number of aryl methyl sites for hydroxylation is 2. The molecule has 0 aliphatic carbocycles. The molecule has 118 valence electrons. The van der Waals surface area contributed by atoms with Gasteiger partial charge in [-0.2, -0.15) is 0 Å². The lowest BCUT2D eigenvalue weighted by atomic mass is 10.1. The molecular formula is C17H18N4O2. The van der Waals surface area contributed by atoms with Crippen molar-refractivity contribution >= 4 is 16.9 Å². The number of imidazole rings is 1. The van der Waals surface area contributed by atoms with Crippen LogP contribution >= 0.6 is 0 Å². The Morgan fingerprint density at radius 2 is 2.09 bits per heavy atom. The van der Waals surface area contributed by atoms with E-state index in [1.54, 1.807) is 10.9 Å². The van der Waals surface area contributed by atoms with Gasteiger partial charge >= 0.3 is 0 Å². The van der Waals surface area contributed by atoms with Crippen LogP contribution in [0.5, 0.6) is 0 Å². The minimum absolute atomic E-state index is 0.157. The third kappa shape index (κ3) is 3.15. The van der Waals surface area contributed by atoms with E-state index in [1.165, 1.54) is 0 Å². The molecular weight excluding hydrogens is 292 g/mol. The first kappa shape index (κ1) is 15.0. The molecule has 6 nitrogen and oxygen atoms in total. The second-order valence-electron chi connectivity index (χ2n) is 5.58. The van der Waals surface area contributed by atoms with E-state index in [9.17, 15) is 9.59 Å². The monoisotopic (exact) mass is 310 g/mol. The van der Waals surface area contributed by atoms with Crippen LogP contribution in [0.25, 0.3) is 11.0 Å². The van der Waals surface area contributed by atoms with Crippen LogP contribution in [0.2, 0.25) is 0 Å². The van der Waals surface area contributed by atoms with Gasteiger partial charge in [0.05, 0.1) is 17.4 Å². The van der Waals surface area contributed by atoms with Crippen molar-refractivity contribution in [3.63, 3.8) is 0 Å². The molecule has 2 heterocycles. The molecule has 0 aliphatic heterocycles. The van der Waals surface area contributed by atoms with Gasteiger partial charge in [0, 0.05) is 17.8 Å². The van der Waals surface area contributed by atoms with E-state index in [1.807, 2.05) is 44.2 Å². The van der Waals surface area contributed by atoms with E-state index in [0.717, 1.165) is 22.3 Å².